The molecule has 11 heteroatoms. The van der Waals surface area contributed by atoms with E-state index in [0.29, 0.717) is 15.2 Å². The summed E-state index contributed by atoms with van der Waals surface area (Å²) >= 11 is 9.42. The third-order valence-electron chi connectivity index (χ3n) is 3.93. The number of nitrogens with one attached hydrogen (secondary N) is 2. The van der Waals surface area contributed by atoms with Crippen molar-refractivity contribution >= 4 is 45.0 Å². The third-order valence-corrected chi connectivity index (χ3v) is 4.61. The Hall–Kier alpha value is -3.26. The van der Waals surface area contributed by atoms with Gasteiger partial charge in [0.25, 0.3) is 11.8 Å². The molecule has 0 saturated carbocycles. The molecule has 9 nitrogen and oxygen atoms in total. The van der Waals surface area contributed by atoms with Gasteiger partial charge in [0.15, 0.2) is 5.82 Å². The SMILES string of the molecule is Cc1cc(C#N)cc(C(=O)NN)c1NC(=O)c1cc(Br)nn1-c1ncccc1Cl. The molecule has 2 heterocycles. The molecule has 0 unspecified atom stereocenters. The highest BCUT2D eigenvalue weighted by Gasteiger charge is 2.22. The van der Waals surface area contributed by atoms with E-state index in [1.165, 1.54) is 23.0 Å². The smallest absolute Gasteiger partial charge is 0.274 e. The number of anilines is 1. The van der Waals surface area contributed by atoms with Crippen molar-refractivity contribution in [2.45, 2.75) is 6.92 Å². The number of benzene rings is 1. The number of halogens is 2. The van der Waals surface area contributed by atoms with E-state index in [9.17, 15) is 9.59 Å². The van der Waals surface area contributed by atoms with Crippen molar-refractivity contribution in [2.24, 2.45) is 5.84 Å². The van der Waals surface area contributed by atoms with Crippen LogP contribution in [0.3, 0.4) is 0 Å². The highest BCUT2D eigenvalue weighted by Crippen LogP contribution is 2.26. The predicted molar refractivity (Wildman–Crippen MR) is 110 cm³/mol. The zero-order valence-corrected chi connectivity index (χ0v) is 17.2. The lowest BCUT2D eigenvalue weighted by molar-refractivity contribution is 0.0954. The number of rotatable bonds is 4. The molecule has 0 radical (unpaired) electrons. The van der Waals surface area contributed by atoms with E-state index in [4.69, 9.17) is 22.7 Å². The van der Waals surface area contributed by atoms with Crippen molar-refractivity contribution in [3.8, 4) is 11.9 Å². The van der Waals surface area contributed by atoms with E-state index < -0.39 is 11.8 Å². The van der Waals surface area contributed by atoms with E-state index in [2.05, 4.69) is 31.3 Å². The standard InChI is InChI=1S/C18H13BrClN7O2/c1-9-5-10(8-21)6-11(17(28)25-22)15(9)24-18(29)13-7-14(19)26-27(13)16-12(20)3-2-4-23-16/h2-7H,22H2,1H3,(H,24,29)(H,25,28). The molecule has 2 aromatic heterocycles. The molecule has 0 fully saturated rings. The van der Waals surface area contributed by atoms with Crippen LogP contribution < -0.4 is 16.6 Å². The van der Waals surface area contributed by atoms with E-state index in [-0.39, 0.29) is 28.3 Å². The summed E-state index contributed by atoms with van der Waals surface area (Å²) in [7, 11) is 0. The van der Waals surface area contributed by atoms with E-state index in [1.807, 2.05) is 11.5 Å². The number of hydrogen-bond acceptors (Lipinski definition) is 6. The number of hydrogen-bond donors (Lipinski definition) is 3. The number of nitrogen functional groups attached to an aromatic ring is 1. The number of nitriles is 1. The number of nitrogens with zero attached hydrogens (tertiary/aromatic N) is 4. The van der Waals surface area contributed by atoms with Gasteiger partial charge in [-0.2, -0.15) is 10.4 Å². The van der Waals surface area contributed by atoms with Gasteiger partial charge in [0.05, 0.1) is 27.9 Å². The van der Waals surface area contributed by atoms with Gasteiger partial charge in [0.1, 0.15) is 10.3 Å². The molecule has 0 bridgehead atoms. The highest BCUT2D eigenvalue weighted by molar-refractivity contribution is 9.10. The second-order valence-electron chi connectivity index (χ2n) is 5.83. The number of aryl methyl sites for hydroxylation is 1. The summed E-state index contributed by atoms with van der Waals surface area (Å²) in [4.78, 5) is 29.3. The van der Waals surface area contributed by atoms with Crippen LogP contribution in [0.2, 0.25) is 5.02 Å². The van der Waals surface area contributed by atoms with Crippen molar-refractivity contribution in [3.63, 3.8) is 0 Å². The Bertz CT molecular complexity index is 1170. The summed E-state index contributed by atoms with van der Waals surface area (Å²) in [6.45, 7) is 1.66. The number of pyridine rings is 1. The lowest BCUT2D eigenvalue weighted by Gasteiger charge is -2.14. The summed E-state index contributed by atoms with van der Waals surface area (Å²) < 4.78 is 1.67. The monoisotopic (exact) mass is 473 g/mol. The number of hydrazine groups is 1. The van der Waals surface area contributed by atoms with Gasteiger partial charge in [-0.1, -0.05) is 11.6 Å². The van der Waals surface area contributed by atoms with Crippen LogP contribution in [-0.4, -0.2) is 26.6 Å². The van der Waals surface area contributed by atoms with Crippen LogP contribution in [0.4, 0.5) is 5.69 Å². The van der Waals surface area contributed by atoms with Gasteiger partial charge < -0.3 is 5.32 Å². The quantitative estimate of drug-likeness (QED) is 0.302. The number of amides is 2. The Balaban J connectivity index is 2.06. The fourth-order valence-corrected chi connectivity index (χ4v) is 3.24. The molecular weight excluding hydrogens is 462 g/mol. The Kier molecular flexibility index (Phi) is 5.93. The zero-order valence-electron chi connectivity index (χ0n) is 14.9. The topological polar surface area (TPSA) is 139 Å². The average molecular weight is 475 g/mol. The number of aromatic nitrogens is 3. The van der Waals surface area contributed by atoms with Crippen molar-refractivity contribution in [1.29, 1.82) is 5.26 Å². The van der Waals surface area contributed by atoms with Crippen molar-refractivity contribution < 1.29 is 9.59 Å². The van der Waals surface area contributed by atoms with Crippen LogP contribution in [0.1, 0.15) is 32.0 Å². The van der Waals surface area contributed by atoms with Gasteiger partial charge in [-0.3, -0.25) is 15.0 Å². The highest BCUT2D eigenvalue weighted by atomic mass is 79.9. The number of carbonyl (C=O) groups excluding carboxylic acids is 2. The molecule has 2 amide bonds. The normalized spacial score (nSPS) is 10.3. The number of carbonyl (C=O) groups is 2. The molecule has 146 valence electrons. The van der Waals surface area contributed by atoms with Crippen molar-refractivity contribution in [1.82, 2.24) is 20.2 Å². The molecule has 0 spiro atoms. The van der Waals surface area contributed by atoms with Gasteiger partial charge >= 0.3 is 0 Å². The molecule has 3 aromatic rings. The lowest BCUT2D eigenvalue weighted by Crippen LogP contribution is -2.31. The van der Waals surface area contributed by atoms with Crippen LogP contribution >= 0.6 is 27.5 Å². The molecule has 0 atom stereocenters. The second kappa shape index (κ2) is 8.40. The first kappa shape index (κ1) is 20.5. The van der Waals surface area contributed by atoms with Crippen LogP contribution in [0, 0.1) is 18.3 Å². The summed E-state index contributed by atoms with van der Waals surface area (Å²) in [5, 5.41) is 16.3. The minimum atomic E-state index is -0.650. The average Bonchev–Trinajstić information content (AvgIpc) is 3.10. The minimum absolute atomic E-state index is 0.0541. The zero-order chi connectivity index (χ0) is 21.1. The fraction of sp³-hybridized carbons (Fsp3) is 0.0556. The van der Waals surface area contributed by atoms with Crippen molar-refractivity contribution in [2.75, 3.05) is 5.32 Å². The predicted octanol–water partition coefficient (Wildman–Crippen LogP) is 2.72. The van der Waals surface area contributed by atoms with Gasteiger partial charge in [0.2, 0.25) is 0 Å². The Labute approximate surface area is 178 Å². The Morgan fingerprint density at radius 1 is 1.31 bits per heavy atom. The summed E-state index contributed by atoms with van der Waals surface area (Å²) in [5.41, 5.74) is 3.17. The molecule has 0 saturated heterocycles. The fourth-order valence-electron chi connectivity index (χ4n) is 2.66. The molecule has 1 aromatic carbocycles. The molecule has 29 heavy (non-hydrogen) atoms. The van der Waals surface area contributed by atoms with Gasteiger partial charge in [-0.05, 0) is 52.7 Å². The summed E-state index contributed by atoms with van der Waals surface area (Å²) in [6, 6.07) is 9.61. The van der Waals surface area contributed by atoms with Gasteiger partial charge in [0, 0.05) is 12.3 Å². The molecule has 3 rings (SSSR count). The van der Waals surface area contributed by atoms with E-state index in [0.717, 1.165) is 0 Å². The Morgan fingerprint density at radius 2 is 2.07 bits per heavy atom. The summed E-state index contributed by atoms with van der Waals surface area (Å²) in [5.74, 6) is 4.29. The molecule has 0 aliphatic carbocycles. The molecule has 4 N–H and O–H groups in total. The largest absolute Gasteiger partial charge is 0.320 e. The maximum absolute atomic E-state index is 13.0. The van der Waals surface area contributed by atoms with Crippen LogP contribution in [-0.2, 0) is 0 Å². The minimum Gasteiger partial charge on any atom is -0.320 e. The number of nitrogens with two attached hydrogens (primary N) is 1. The van der Waals surface area contributed by atoms with Crippen LogP contribution in [0.25, 0.3) is 5.82 Å². The molecule has 0 aliphatic heterocycles. The first-order valence-electron chi connectivity index (χ1n) is 8.09. The first-order chi connectivity index (χ1) is 13.8. The lowest BCUT2D eigenvalue weighted by atomic mass is 10.0. The maximum atomic E-state index is 13.0. The van der Waals surface area contributed by atoms with E-state index >= 15 is 0 Å². The van der Waals surface area contributed by atoms with E-state index in [1.54, 1.807) is 25.1 Å². The van der Waals surface area contributed by atoms with Gasteiger partial charge in [-0.15, -0.1) is 0 Å². The first-order valence-corrected chi connectivity index (χ1v) is 9.26. The maximum Gasteiger partial charge on any atom is 0.274 e. The summed E-state index contributed by atoms with van der Waals surface area (Å²) in [6.07, 6.45) is 1.52. The molecule has 0 aliphatic rings. The molecular formula is C18H13BrClN7O2. The second-order valence-corrected chi connectivity index (χ2v) is 7.05. The third kappa shape index (κ3) is 4.12. The Morgan fingerprint density at radius 3 is 2.72 bits per heavy atom. The van der Waals surface area contributed by atoms with Crippen molar-refractivity contribution in [3.05, 3.63) is 68.5 Å². The van der Waals surface area contributed by atoms with Crippen LogP contribution in [0.15, 0.2) is 41.1 Å². The van der Waals surface area contributed by atoms with Crippen LogP contribution in [0.5, 0.6) is 0 Å². The van der Waals surface area contributed by atoms with Gasteiger partial charge in [-0.25, -0.2) is 15.5 Å².